The lowest BCUT2D eigenvalue weighted by Gasteiger charge is -2.27. The van der Waals surface area contributed by atoms with Gasteiger partial charge < -0.3 is 19.1 Å². The molecule has 0 spiro atoms. The maximum Gasteiger partial charge on any atom is 0.165 e. The lowest BCUT2D eigenvalue weighted by atomic mass is 9.96. The molecule has 0 amide bonds. The van der Waals surface area contributed by atoms with Crippen LogP contribution in [0.2, 0.25) is 0 Å². The Bertz CT molecular complexity index is 1060. The molecule has 0 radical (unpaired) electrons. The van der Waals surface area contributed by atoms with Gasteiger partial charge in [0.05, 0.1) is 12.1 Å². The van der Waals surface area contributed by atoms with Crippen LogP contribution in [0.25, 0.3) is 0 Å². The highest BCUT2D eigenvalue weighted by molar-refractivity contribution is 5.28. The number of likely N-dealkylation sites (tertiary alicyclic amines) is 1. The van der Waals surface area contributed by atoms with Crippen molar-refractivity contribution < 1.29 is 19.0 Å². The van der Waals surface area contributed by atoms with Gasteiger partial charge in [0.25, 0.3) is 0 Å². The van der Waals surface area contributed by atoms with Crippen molar-refractivity contribution in [3.05, 3.63) is 78.1 Å². The van der Waals surface area contributed by atoms with Crippen LogP contribution in [-0.4, -0.2) is 51.5 Å². The first-order valence-electron chi connectivity index (χ1n) is 12.1. The molecule has 182 valence electrons. The lowest BCUT2D eigenvalue weighted by Crippen LogP contribution is -2.37. The number of aliphatic hydroxyl groups is 1. The number of nitrogens with zero attached hydrogens (tertiary/aromatic N) is 3. The van der Waals surface area contributed by atoms with Crippen LogP contribution in [0.1, 0.15) is 37.6 Å². The number of rotatable bonds is 10. The number of benzene rings is 2. The molecule has 4 rings (SSSR count). The van der Waals surface area contributed by atoms with Crippen molar-refractivity contribution >= 4 is 0 Å². The molecule has 3 aromatic rings. The van der Waals surface area contributed by atoms with Crippen molar-refractivity contribution in [2.24, 2.45) is 0 Å². The number of aryl methyl sites for hydroxylation is 1. The van der Waals surface area contributed by atoms with Crippen LogP contribution in [0.15, 0.2) is 60.9 Å². The van der Waals surface area contributed by atoms with Crippen LogP contribution in [0.5, 0.6) is 11.5 Å². The zero-order valence-corrected chi connectivity index (χ0v) is 19.8. The van der Waals surface area contributed by atoms with E-state index in [1.54, 1.807) is 18.2 Å². The Morgan fingerprint density at radius 3 is 2.82 bits per heavy atom. The maximum atomic E-state index is 13.8. The average Bonchev–Trinajstić information content (AvgIpc) is 3.22. The zero-order valence-electron chi connectivity index (χ0n) is 19.8. The molecule has 1 fully saturated rings. The first kappa shape index (κ1) is 24.2. The summed E-state index contributed by atoms with van der Waals surface area (Å²) in [6, 6.07) is 14.5. The third-order valence-electron chi connectivity index (χ3n) is 6.37. The number of aromatic nitrogens is 2. The Morgan fingerprint density at radius 2 is 1.97 bits per heavy atom. The fraction of sp³-hybridized carbons (Fsp3) is 0.444. The van der Waals surface area contributed by atoms with Gasteiger partial charge in [-0.3, -0.25) is 4.90 Å². The summed E-state index contributed by atoms with van der Waals surface area (Å²) in [4.78, 5) is 6.69. The van der Waals surface area contributed by atoms with Crippen LogP contribution in [0, 0.1) is 5.82 Å². The van der Waals surface area contributed by atoms with Crippen LogP contribution in [0.3, 0.4) is 0 Å². The Morgan fingerprint density at radius 1 is 1.09 bits per heavy atom. The van der Waals surface area contributed by atoms with Crippen LogP contribution in [-0.2, 0) is 19.5 Å². The molecule has 1 aliphatic rings. The van der Waals surface area contributed by atoms with E-state index in [0.29, 0.717) is 19.4 Å². The minimum absolute atomic E-state index is 0.0990. The molecule has 1 aliphatic heterocycles. The van der Waals surface area contributed by atoms with Gasteiger partial charge >= 0.3 is 0 Å². The highest BCUT2D eigenvalue weighted by Gasteiger charge is 2.31. The normalized spacial score (nSPS) is 19.0. The summed E-state index contributed by atoms with van der Waals surface area (Å²) in [7, 11) is 0. The van der Waals surface area contributed by atoms with Gasteiger partial charge in [0.15, 0.2) is 11.6 Å². The van der Waals surface area contributed by atoms with Crippen LogP contribution >= 0.6 is 0 Å². The topological polar surface area (TPSA) is 59.8 Å². The first-order valence-corrected chi connectivity index (χ1v) is 12.1. The van der Waals surface area contributed by atoms with Gasteiger partial charge in [0.1, 0.15) is 24.8 Å². The van der Waals surface area contributed by atoms with E-state index >= 15 is 0 Å². The van der Waals surface area contributed by atoms with E-state index in [1.165, 1.54) is 11.6 Å². The Hall–Kier alpha value is -2.90. The minimum atomic E-state index is -0.952. The second-order valence-electron chi connectivity index (χ2n) is 8.96. The fourth-order valence-electron chi connectivity index (χ4n) is 4.42. The van der Waals surface area contributed by atoms with E-state index in [-0.39, 0.29) is 12.4 Å². The smallest absolute Gasteiger partial charge is 0.165 e. The second-order valence-corrected chi connectivity index (χ2v) is 8.96. The van der Waals surface area contributed by atoms with Gasteiger partial charge in [0, 0.05) is 31.9 Å². The summed E-state index contributed by atoms with van der Waals surface area (Å²) in [5.41, 5.74) is 0.231. The molecule has 0 aliphatic carbocycles. The molecule has 1 saturated heterocycles. The second kappa shape index (κ2) is 11.5. The van der Waals surface area contributed by atoms with E-state index in [1.807, 2.05) is 24.5 Å². The maximum absolute atomic E-state index is 13.8. The predicted octanol–water partition coefficient (Wildman–Crippen LogP) is 4.46. The molecule has 34 heavy (non-hydrogen) atoms. The van der Waals surface area contributed by atoms with Gasteiger partial charge in [-0.2, -0.15) is 0 Å². The summed E-state index contributed by atoms with van der Waals surface area (Å²) in [6.07, 6.45) is 6.80. The molecule has 0 bridgehead atoms. The van der Waals surface area contributed by atoms with Crippen molar-refractivity contribution in [1.29, 1.82) is 0 Å². The van der Waals surface area contributed by atoms with Crippen molar-refractivity contribution in [3.63, 3.8) is 0 Å². The van der Waals surface area contributed by atoms with Crippen molar-refractivity contribution in [1.82, 2.24) is 14.5 Å². The summed E-state index contributed by atoms with van der Waals surface area (Å²) < 4.78 is 27.6. The molecule has 0 unspecified atom stereocenters. The number of hydrogen-bond acceptors (Lipinski definition) is 5. The van der Waals surface area contributed by atoms with Gasteiger partial charge in [-0.25, -0.2) is 9.37 Å². The molecule has 7 heteroatoms. The quantitative estimate of drug-likeness (QED) is 0.477. The largest absolute Gasteiger partial charge is 0.492 e. The third kappa shape index (κ3) is 6.58. The van der Waals surface area contributed by atoms with E-state index in [2.05, 4.69) is 33.5 Å². The first-order chi connectivity index (χ1) is 16.5. The van der Waals surface area contributed by atoms with E-state index in [4.69, 9.17) is 9.47 Å². The molecule has 1 aromatic heterocycles. The van der Waals surface area contributed by atoms with Gasteiger partial charge in [-0.1, -0.05) is 31.2 Å². The molecular formula is C27H34FN3O3. The number of hydrogen-bond donors (Lipinski definition) is 1. The number of ether oxygens (including phenoxy) is 2. The summed E-state index contributed by atoms with van der Waals surface area (Å²) >= 11 is 0. The van der Waals surface area contributed by atoms with Gasteiger partial charge in [-0.05, 0) is 55.6 Å². The Balaban J connectivity index is 1.26. The third-order valence-corrected chi connectivity index (χ3v) is 6.37. The highest BCUT2D eigenvalue weighted by atomic mass is 19.1. The van der Waals surface area contributed by atoms with Crippen molar-refractivity contribution in [2.75, 3.05) is 26.3 Å². The Labute approximate surface area is 201 Å². The van der Waals surface area contributed by atoms with Crippen LogP contribution in [0.4, 0.5) is 4.39 Å². The standard InChI is InChI=1S/C27H34FN3O3/c1-2-26-29-13-16-31(26)17-18-33-23-8-5-7-22(19-23)20-30-14-6-11-27(32,12-15-30)21-34-25-10-4-3-9-24(25)28/h3-5,7-10,13,16,19,32H,2,6,11-12,14-15,17-18,20-21H2,1H3/t27-/m0/s1. The molecule has 6 nitrogen and oxygen atoms in total. The molecule has 2 heterocycles. The van der Waals surface area contributed by atoms with E-state index in [0.717, 1.165) is 50.6 Å². The number of halogens is 1. The Kier molecular flexibility index (Phi) is 8.19. The molecule has 1 atom stereocenters. The predicted molar refractivity (Wildman–Crippen MR) is 130 cm³/mol. The highest BCUT2D eigenvalue weighted by Crippen LogP contribution is 2.26. The fourth-order valence-corrected chi connectivity index (χ4v) is 4.42. The van der Waals surface area contributed by atoms with E-state index in [9.17, 15) is 9.50 Å². The summed E-state index contributed by atoms with van der Waals surface area (Å²) in [5.74, 6) is 1.71. The summed E-state index contributed by atoms with van der Waals surface area (Å²) in [6.45, 7) is 6.00. The van der Waals surface area contributed by atoms with Gasteiger partial charge in [0.2, 0.25) is 0 Å². The van der Waals surface area contributed by atoms with Crippen LogP contribution < -0.4 is 9.47 Å². The number of para-hydroxylation sites is 1. The minimum Gasteiger partial charge on any atom is -0.492 e. The average molecular weight is 468 g/mol. The molecule has 1 N–H and O–H groups in total. The summed E-state index contributed by atoms with van der Waals surface area (Å²) in [5, 5.41) is 11.0. The molecule has 2 aromatic carbocycles. The molecule has 0 saturated carbocycles. The lowest BCUT2D eigenvalue weighted by molar-refractivity contribution is -0.0177. The zero-order chi connectivity index (χ0) is 23.8. The van der Waals surface area contributed by atoms with Crippen molar-refractivity contribution in [3.8, 4) is 11.5 Å². The molecular weight excluding hydrogens is 433 g/mol. The van der Waals surface area contributed by atoms with Gasteiger partial charge in [-0.15, -0.1) is 0 Å². The van der Waals surface area contributed by atoms with Crippen molar-refractivity contribution in [2.45, 2.75) is 51.3 Å². The monoisotopic (exact) mass is 467 g/mol. The number of imidazole rings is 1. The SMILES string of the molecule is CCc1nccn1CCOc1cccc(CN2CCC[C@@](O)(COc3ccccc3F)CC2)c1. The van der Waals surface area contributed by atoms with E-state index < -0.39 is 11.4 Å².